The molecule has 0 spiro atoms. The third-order valence-electron chi connectivity index (χ3n) is 4.51. The minimum absolute atomic E-state index is 0.0157. The zero-order valence-corrected chi connectivity index (χ0v) is 17.6. The van der Waals surface area contributed by atoms with Gasteiger partial charge in [0.2, 0.25) is 0 Å². The van der Waals surface area contributed by atoms with Crippen molar-refractivity contribution >= 4 is 6.03 Å². The van der Waals surface area contributed by atoms with Gasteiger partial charge in [-0.15, -0.1) is 0 Å². The molecule has 0 aliphatic carbocycles. The standard InChI is InChI=1S/C23H35N3O/c1-6-7-8-14-26(22(27)24-23(3,4)5)18-21-13-10-15-25(21)17-20-12-9-11-19(2)16-20/h9-13,15-16H,6-8,14,17-18H2,1-5H3,(H,24,27). The van der Waals surface area contributed by atoms with Crippen molar-refractivity contribution in [3.05, 3.63) is 59.4 Å². The zero-order chi connectivity index (χ0) is 19.9. The number of nitrogens with zero attached hydrogens (tertiary/aromatic N) is 2. The number of urea groups is 1. The largest absolute Gasteiger partial charge is 0.345 e. The van der Waals surface area contributed by atoms with Crippen LogP contribution in [0.2, 0.25) is 0 Å². The number of aromatic nitrogens is 1. The maximum atomic E-state index is 12.8. The number of benzene rings is 1. The molecule has 1 heterocycles. The third kappa shape index (κ3) is 7.12. The molecule has 0 atom stereocenters. The van der Waals surface area contributed by atoms with Crippen LogP contribution < -0.4 is 5.32 Å². The van der Waals surface area contributed by atoms with Crippen LogP contribution in [0.3, 0.4) is 0 Å². The highest BCUT2D eigenvalue weighted by molar-refractivity contribution is 5.74. The van der Waals surface area contributed by atoms with E-state index in [-0.39, 0.29) is 11.6 Å². The minimum Gasteiger partial charge on any atom is -0.345 e. The number of unbranched alkanes of at least 4 members (excludes halogenated alkanes) is 2. The molecule has 148 valence electrons. The van der Waals surface area contributed by atoms with E-state index in [1.807, 2.05) is 25.7 Å². The molecule has 0 fully saturated rings. The molecule has 1 aromatic heterocycles. The summed E-state index contributed by atoms with van der Waals surface area (Å²) in [4.78, 5) is 14.7. The summed E-state index contributed by atoms with van der Waals surface area (Å²) >= 11 is 0. The molecular weight excluding hydrogens is 334 g/mol. The first-order valence-electron chi connectivity index (χ1n) is 10.0. The molecular formula is C23H35N3O. The highest BCUT2D eigenvalue weighted by atomic mass is 16.2. The van der Waals surface area contributed by atoms with Crippen LogP contribution in [0.15, 0.2) is 42.6 Å². The monoisotopic (exact) mass is 369 g/mol. The molecule has 0 bridgehead atoms. The number of hydrogen-bond acceptors (Lipinski definition) is 1. The fourth-order valence-electron chi connectivity index (χ4n) is 3.15. The van der Waals surface area contributed by atoms with Crippen LogP contribution in [-0.2, 0) is 13.1 Å². The van der Waals surface area contributed by atoms with E-state index < -0.39 is 0 Å². The number of hydrogen-bond donors (Lipinski definition) is 1. The van der Waals surface area contributed by atoms with Crippen molar-refractivity contribution < 1.29 is 4.79 Å². The van der Waals surface area contributed by atoms with Gasteiger partial charge in [-0.05, 0) is 51.8 Å². The molecule has 0 saturated carbocycles. The first kappa shape index (κ1) is 21.1. The summed E-state index contributed by atoms with van der Waals surface area (Å²) in [5.41, 5.74) is 3.48. The molecule has 4 heteroatoms. The predicted octanol–water partition coefficient (Wildman–Crippen LogP) is 5.35. The van der Waals surface area contributed by atoms with E-state index in [1.165, 1.54) is 11.1 Å². The van der Waals surface area contributed by atoms with Gasteiger partial charge >= 0.3 is 6.03 Å². The summed E-state index contributed by atoms with van der Waals surface area (Å²) in [5, 5.41) is 3.11. The van der Waals surface area contributed by atoms with Crippen LogP contribution in [0.25, 0.3) is 0 Å². The number of carbonyl (C=O) groups excluding carboxylic acids is 1. The van der Waals surface area contributed by atoms with E-state index in [0.29, 0.717) is 6.54 Å². The summed E-state index contributed by atoms with van der Waals surface area (Å²) in [6.07, 6.45) is 5.43. The highest BCUT2D eigenvalue weighted by Crippen LogP contribution is 2.14. The molecule has 0 aliphatic rings. The second-order valence-corrected chi connectivity index (χ2v) is 8.43. The number of amides is 2. The van der Waals surface area contributed by atoms with E-state index in [0.717, 1.165) is 38.0 Å². The Balaban J connectivity index is 2.12. The van der Waals surface area contributed by atoms with E-state index >= 15 is 0 Å². The maximum absolute atomic E-state index is 12.8. The summed E-state index contributed by atoms with van der Waals surface area (Å²) in [7, 11) is 0. The Morgan fingerprint density at radius 2 is 1.93 bits per heavy atom. The van der Waals surface area contributed by atoms with Gasteiger partial charge in [-0.2, -0.15) is 0 Å². The topological polar surface area (TPSA) is 37.3 Å². The molecule has 27 heavy (non-hydrogen) atoms. The van der Waals surface area contributed by atoms with Crippen LogP contribution >= 0.6 is 0 Å². The Morgan fingerprint density at radius 3 is 2.59 bits per heavy atom. The molecule has 2 aromatic rings. The van der Waals surface area contributed by atoms with Gasteiger partial charge < -0.3 is 14.8 Å². The van der Waals surface area contributed by atoms with Crippen molar-refractivity contribution in [2.75, 3.05) is 6.54 Å². The lowest BCUT2D eigenvalue weighted by atomic mass is 10.1. The van der Waals surface area contributed by atoms with E-state index in [1.54, 1.807) is 0 Å². The zero-order valence-electron chi connectivity index (χ0n) is 17.6. The maximum Gasteiger partial charge on any atom is 0.318 e. The van der Waals surface area contributed by atoms with Crippen molar-refractivity contribution in [2.24, 2.45) is 0 Å². The van der Waals surface area contributed by atoms with Gasteiger partial charge in [0.1, 0.15) is 0 Å². The lowest BCUT2D eigenvalue weighted by Gasteiger charge is -2.29. The molecule has 0 saturated heterocycles. The number of carbonyl (C=O) groups is 1. The predicted molar refractivity (Wildman–Crippen MR) is 113 cm³/mol. The van der Waals surface area contributed by atoms with Gasteiger partial charge in [0, 0.05) is 30.5 Å². The van der Waals surface area contributed by atoms with Gasteiger partial charge in [-0.25, -0.2) is 4.79 Å². The van der Waals surface area contributed by atoms with Gasteiger partial charge in [0.25, 0.3) is 0 Å². The normalized spacial score (nSPS) is 11.4. The van der Waals surface area contributed by atoms with E-state index in [9.17, 15) is 4.79 Å². The van der Waals surface area contributed by atoms with Gasteiger partial charge in [0.05, 0.1) is 6.54 Å². The van der Waals surface area contributed by atoms with Crippen molar-refractivity contribution in [2.45, 2.75) is 72.5 Å². The number of nitrogens with one attached hydrogen (secondary N) is 1. The average Bonchev–Trinajstić information content (AvgIpc) is 2.99. The Labute approximate surface area is 164 Å². The second-order valence-electron chi connectivity index (χ2n) is 8.43. The molecule has 4 nitrogen and oxygen atoms in total. The highest BCUT2D eigenvalue weighted by Gasteiger charge is 2.20. The van der Waals surface area contributed by atoms with Crippen LogP contribution in [0.1, 0.15) is 63.8 Å². The van der Waals surface area contributed by atoms with Gasteiger partial charge in [-0.1, -0.05) is 49.6 Å². The Bertz CT molecular complexity index is 727. The fourth-order valence-corrected chi connectivity index (χ4v) is 3.15. The molecule has 2 rings (SSSR count). The van der Waals surface area contributed by atoms with Crippen molar-refractivity contribution in [1.29, 1.82) is 0 Å². The quantitative estimate of drug-likeness (QED) is 0.626. The molecule has 0 radical (unpaired) electrons. The summed E-state index contributed by atoms with van der Waals surface area (Å²) in [5.74, 6) is 0. The van der Waals surface area contributed by atoms with Gasteiger partial charge in [0.15, 0.2) is 0 Å². The third-order valence-corrected chi connectivity index (χ3v) is 4.51. The molecule has 2 amide bonds. The smallest absolute Gasteiger partial charge is 0.318 e. The van der Waals surface area contributed by atoms with Crippen molar-refractivity contribution in [3.8, 4) is 0 Å². The Kier molecular flexibility index (Phi) is 7.52. The number of aryl methyl sites for hydroxylation is 1. The number of rotatable bonds is 8. The van der Waals surface area contributed by atoms with E-state index in [2.05, 4.69) is 66.3 Å². The van der Waals surface area contributed by atoms with Crippen LogP contribution in [0.4, 0.5) is 4.79 Å². The Hall–Kier alpha value is -2.23. The van der Waals surface area contributed by atoms with Gasteiger partial charge in [-0.3, -0.25) is 0 Å². The summed E-state index contributed by atoms with van der Waals surface area (Å²) in [6, 6.07) is 12.8. The van der Waals surface area contributed by atoms with Crippen molar-refractivity contribution in [1.82, 2.24) is 14.8 Å². The lowest BCUT2D eigenvalue weighted by Crippen LogP contribution is -2.48. The van der Waals surface area contributed by atoms with Crippen molar-refractivity contribution in [3.63, 3.8) is 0 Å². The molecule has 0 unspecified atom stereocenters. The molecule has 1 N–H and O–H groups in total. The molecule has 0 aliphatic heterocycles. The average molecular weight is 370 g/mol. The van der Waals surface area contributed by atoms with E-state index in [4.69, 9.17) is 0 Å². The second kappa shape index (κ2) is 9.63. The van der Waals surface area contributed by atoms with Crippen LogP contribution in [0, 0.1) is 6.92 Å². The SMILES string of the molecule is CCCCCN(Cc1cccn1Cc1cccc(C)c1)C(=O)NC(C)(C)C. The fraction of sp³-hybridized carbons (Fsp3) is 0.522. The minimum atomic E-state index is -0.232. The summed E-state index contributed by atoms with van der Waals surface area (Å²) < 4.78 is 2.24. The van der Waals surface area contributed by atoms with Crippen LogP contribution in [0.5, 0.6) is 0 Å². The summed E-state index contributed by atoms with van der Waals surface area (Å²) in [6.45, 7) is 12.6. The van der Waals surface area contributed by atoms with Crippen LogP contribution in [-0.4, -0.2) is 27.6 Å². The molecule has 1 aromatic carbocycles. The first-order valence-corrected chi connectivity index (χ1v) is 10.0. The Morgan fingerprint density at radius 1 is 1.15 bits per heavy atom. The first-order chi connectivity index (χ1) is 12.8. The lowest BCUT2D eigenvalue weighted by molar-refractivity contribution is 0.183.